The van der Waals surface area contributed by atoms with Crippen LogP contribution in [-0.2, 0) is 4.84 Å². The maximum atomic E-state index is 12.3. The number of rotatable bonds is 2. The molecule has 3 aromatic rings. The number of benzene rings is 1. The van der Waals surface area contributed by atoms with Gasteiger partial charge >= 0.3 is 5.97 Å². The molecule has 0 saturated carbocycles. The molecule has 0 spiro atoms. The molecule has 4 rings (SSSR count). The van der Waals surface area contributed by atoms with Crippen molar-refractivity contribution in [1.29, 1.82) is 0 Å². The Morgan fingerprint density at radius 2 is 1.70 bits per heavy atom. The molecule has 8 nitrogen and oxygen atoms in total. The summed E-state index contributed by atoms with van der Waals surface area (Å²) in [6.07, 6.45) is 2.90. The van der Waals surface area contributed by atoms with Crippen LogP contribution in [0.2, 0.25) is 0 Å². The lowest BCUT2D eigenvalue weighted by Crippen LogP contribution is -2.32. The van der Waals surface area contributed by atoms with Crippen molar-refractivity contribution in [3.8, 4) is 0 Å². The number of fused-ring (bicyclic) bond motifs is 2. The van der Waals surface area contributed by atoms with Crippen molar-refractivity contribution < 1.29 is 19.2 Å². The first kappa shape index (κ1) is 13.1. The average Bonchev–Trinajstić information content (AvgIpc) is 3.14. The van der Waals surface area contributed by atoms with Crippen LogP contribution in [0.3, 0.4) is 0 Å². The summed E-state index contributed by atoms with van der Waals surface area (Å²) in [6.45, 7) is 0. The minimum Gasteiger partial charge on any atom is -0.324 e. The number of carbonyl (C=O) groups is 3. The van der Waals surface area contributed by atoms with Gasteiger partial charge in [0.25, 0.3) is 11.8 Å². The van der Waals surface area contributed by atoms with Gasteiger partial charge in [0.2, 0.25) is 0 Å². The summed E-state index contributed by atoms with van der Waals surface area (Å²) in [5.41, 5.74) is 0.771. The van der Waals surface area contributed by atoms with Crippen LogP contribution >= 0.6 is 0 Å². The van der Waals surface area contributed by atoms with Crippen LogP contribution in [-0.4, -0.2) is 37.4 Å². The van der Waals surface area contributed by atoms with Gasteiger partial charge in [0.1, 0.15) is 11.9 Å². The summed E-state index contributed by atoms with van der Waals surface area (Å²) in [5, 5.41) is 4.37. The molecule has 1 aromatic carbocycles. The minimum absolute atomic E-state index is 0.0987. The molecule has 8 heteroatoms. The van der Waals surface area contributed by atoms with Crippen LogP contribution in [0.5, 0.6) is 0 Å². The van der Waals surface area contributed by atoms with Crippen LogP contribution in [0, 0.1) is 0 Å². The van der Waals surface area contributed by atoms with Gasteiger partial charge in [-0.25, -0.2) is 14.3 Å². The molecule has 112 valence electrons. The van der Waals surface area contributed by atoms with Crippen molar-refractivity contribution in [1.82, 2.24) is 19.7 Å². The third-order valence-electron chi connectivity index (χ3n) is 3.46. The van der Waals surface area contributed by atoms with Gasteiger partial charge in [-0.15, -0.1) is 0 Å². The molecule has 1 aliphatic rings. The van der Waals surface area contributed by atoms with E-state index in [-0.39, 0.29) is 22.3 Å². The van der Waals surface area contributed by atoms with Gasteiger partial charge < -0.3 is 4.84 Å². The first-order chi connectivity index (χ1) is 11.2. The van der Waals surface area contributed by atoms with E-state index in [2.05, 4.69) is 10.1 Å². The molecule has 2 aromatic heterocycles. The minimum atomic E-state index is -0.863. The average molecular weight is 308 g/mol. The highest BCUT2D eigenvalue weighted by atomic mass is 16.7. The van der Waals surface area contributed by atoms with E-state index in [1.807, 2.05) is 0 Å². The Morgan fingerprint density at radius 3 is 2.39 bits per heavy atom. The number of aromatic nitrogens is 3. The smallest absolute Gasteiger partial charge is 0.324 e. The number of hydroxylamine groups is 2. The number of imide groups is 1. The molecule has 2 amide bonds. The highest BCUT2D eigenvalue weighted by Gasteiger charge is 2.39. The van der Waals surface area contributed by atoms with E-state index in [1.165, 1.54) is 29.0 Å². The topological polar surface area (TPSA) is 93.9 Å². The molecule has 1 aliphatic heterocycles. The summed E-state index contributed by atoms with van der Waals surface area (Å²) in [6, 6.07) is 9.33. The fourth-order valence-electron chi connectivity index (χ4n) is 2.39. The van der Waals surface area contributed by atoms with Crippen molar-refractivity contribution in [3.05, 3.63) is 65.6 Å². The molecule has 0 saturated heterocycles. The standard InChI is InChI=1S/C15H8N4O4/c20-13-9-4-1-2-5-10(9)14(21)19(13)23-15(22)11-6-3-7-18-12(11)16-8-17-18/h1-8H. The van der Waals surface area contributed by atoms with E-state index < -0.39 is 17.8 Å². The molecule has 0 bridgehead atoms. The van der Waals surface area contributed by atoms with Crippen LogP contribution in [0.4, 0.5) is 0 Å². The van der Waals surface area contributed by atoms with E-state index in [0.29, 0.717) is 5.06 Å². The Hall–Kier alpha value is -3.55. The zero-order chi connectivity index (χ0) is 16.0. The van der Waals surface area contributed by atoms with Crippen molar-refractivity contribution >= 4 is 23.4 Å². The molecule has 0 fully saturated rings. The highest BCUT2D eigenvalue weighted by molar-refractivity contribution is 6.21. The lowest BCUT2D eigenvalue weighted by Gasteiger charge is -2.12. The predicted molar refractivity (Wildman–Crippen MR) is 75.3 cm³/mol. The van der Waals surface area contributed by atoms with Crippen molar-refractivity contribution in [2.45, 2.75) is 0 Å². The molecule has 0 atom stereocenters. The Balaban J connectivity index is 1.67. The second kappa shape index (κ2) is 4.73. The summed E-state index contributed by atoms with van der Waals surface area (Å²) >= 11 is 0. The maximum absolute atomic E-state index is 12.3. The Labute approximate surface area is 128 Å². The van der Waals surface area contributed by atoms with Crippen LogP contribution in [0.15, 0.2) is 48.9 Å². The van der Waals surface area contributed by atoms with Gasteiger partial charge in [-0.1, -0.05) is 17.2 Å². The summed E-state index contributed by atoms with van der Waals surface area (Å²) in [4.78, 5) is 45.6. The van der Waals surface area contributed by atoms with Crippen molar-refractivity contribution in [2.75, 3.05) is 0 Å². The molecular weight excluding hydrogens is 300 g/mol. The zero-order valence-corrected chi connectivity index (χ0v) is 11.5. The number of amides is 2. The fourth-order valence-corrected chi connectivity index (χ4v) is 2.39. The van der Waals surface area contributed by atoms with Gasteiger partial charge in [-0.05, 0) is 24.3 Å². The highest BCUT2D eigenvalue weighted by Crippen LogP contribution is 2.23. The zero-order valence-electron chi connectivity index (χ0n) is 11.5. The Bertz CT molecular complexity index is 943. The van der Waals surface area contributed by atoms with Crippen molar-refractivity contribution in [3.63, 3.8) is 0 Å². The van der Waals surface area contributed by atoms with Crippen molar-refractivity contribution in [2.24, 2.45) is 0 Å². The lowest BCUT2D eigenvalue weighted by atomic mass is 10.1. The molecule has 3 heterocycles. The van der Waals surface area contributed by atoms with Crippen LogP contribution in [0.1, 0.15) is 31.1 Å². The number of carbonyl (C=O) groups excluding carboxylic acids is 3. The summed E-state index contributed by atoms with van der Waals surface area (Å²) < 4.78 is 1.39. The number of nitrogens with zero attached hydrogens (tertiary/aromatic N) is 4. The predicted octanol–water partition coefficient (Wildman–Crippen LogP) is 1.10. The Morgan fingerprint density at radius 1 is 1.00 bits per heavy atom. The van der Waals surface area contributed by atoms with E-state index in [4.69, 9.17) is 4.84 Å². The SMILES string of the molecule is O=C(ON1C(=O)c2ccccc2C1=O)c1cccn2ncnc12. The number of pyridine rings is 1. The lowest BCUT2D eigenvalue weighted by molar-refractivity contribution is -0.0583. The van der Waals surface area contributed by atoms with Gasteiger partial charge in [0.05, 0.1) is 11.1 Å². The van der Waals surface area contributed by atoms with Gasteiger partial charge in [0, 0.05) is 6.20 Å². The third kappa shape index (κ3) is 1.89. The van der Waals surface area contributed by atoms with E-state index >= 15 is 0 Å². The summed E-state index contributed by atoms with van der Waals surface area (Å²) in [5.74, 6) is -2.21. The van der Waals surface area contributed by atoms with E-state index in [0.717, 1.165) is 0 Å². The molecule has 0 unspecified atom stereocenters. The van der Waals surface area contributed by atoms with E-state index in [9.17, 15) is 14.4 Å². The first-order valence-electron chi connectivity index (χ1n) is 6.65. The quantitative estimate of drug-likeness (QED) is 0.658. The van der Waals surface area contributed by atoms with Gasteiger partial charge in [-0.3, -0.25) is 9.59 Å². The van der Waals surface area contributed by atoms with Crippen LogP contribution < -0.4 is 0 Å². The summed E-state index contributed by atoms with van der Waals surface area (Å²) in [7, 11) is 0. The normalized spacial score (nSPS) is 13.5. The molecule has 23 heavy (non-hydrogen) atoms. The molecule has 0 radical (unpaired) electrons. The number of hydrogen-bond donors (Lipinski definition) is 0. The van der Waals surface area contributed by atoms with Gasteiger partial charge in [-0.2, -0.15) is 5.10 Å². The van der Waals surface area contributed by atoms with Gasteiger partial charge in [0.15, 0.2) is 5.65 Å². The third-order valence-corrected chi connectivity index (χ3v) is 3.46. The first-order valence-corrected chi connectivity index (χ1v) is 6.65. The fraction of sp³-hybridized carbons (Fsp3) is 0. The molecular formula is C15H8N4O4. The second-order valence-corrected chi connectivity index (χ2v) is 4.78. The molecule has 0 aliphatic carbocycles. The Kier molecular flexibility index (Phi) is 2.70. The second-order valence-electron chi connectivity index (χ2n) is 4.78. The molecule has 0 N–H and O–H groups in total. The maximum Gasteiger partial charge on any atom is 0.367 e. The van der Waals surface area contributed by atoms with Crippen LogP contribution in [0.25, 0.3) is 5.65 Å². The van der Waals surface area contributed by atoms with E-state index in [1.54, 1.807) is 24.4 Å². The number of hydrogen-bond acceptors (Lipinski definition) is 6. The largest absolute Gasteiger partial charge is 0.367 e. The monoisotopic (exact) mass is 308 g/mol.